The predicted molar refractivity (Wildman–Crippen MR) is 71.0 cm³/mol. The van der Waals surface area contributed by atoms with Crippen LogP contribution in [0.1, 0.15) is 5.56 Å². The Morgan fingerprint density at radius 3 is 2.11 bits per heavy atom. The first-order valence-corrected chi connectivity index (χ1v) is 6.04. The van der Waals surface area contributed by atoms with Gasteiger partial charge in [-0.05, 0) is 0 Å². The molecule has 0 bridgehead atoms. The molecule has 1 N–H and O–H groups in total. The Balaban J connectivity index is 3.28. The Morgan fingerprint density at radius 1 is 1.17 bits per heavy atom. The number of rotatable bonds is 3. The second kappa shape index (κ2) is 5.97. The van der Waals surface area contributed by atoms with Crippen LogP contribution in [0, 0.1) is 0 Å². The number of ether oxygens (including phenoxy) is 2. The van der Waals surface area contributed by atoms with Crippen molar-refractivity contribution in [1.29, 1.82) is 0 Å². The zero-order valence-corrected chi connectivity index (χ0v) is 12.0. The van der Waals surface area contributed by atoms with Crippen LogP contribution in [-0.2, 0) is 15.2 Å². The molecule has 0 heterocycles. The highest BCUT2D eigenvalue weighted by molar-refractivity contribution is 6.68. The van der Waals surface area contributed by atoms with E-state index in [1.807, 2.05) is 0 Å². The van der Waals surface area contributed by atoms with Gasteiger partial charge in [-0.3, -0.25) is 5.32 Å². The van der Waals surface area contributed by atoms with Gasteiger partial charge in [-0.25, -0.2) is 4.79 Å². The second-order valence-corrected chi connectivity index (χ2v) is 5.65. The first-order valence-electron chi connectivity index (χ1n) is 4.91. The van der Waals surface area contributed by atoms with E-state index in [1.165, 1.54) is 14.2 Å². The van der Waals surface area contributed by atoms with Gasteiger partial charge in [0.15, 0.2) is 0 Å². The molecule has 0 fully saturated rings. The number of halogens is 3. The summed E-state index contributed by atoms with van der Waals surface area (Å²) in [4.78, 5) is 11.4. The minimum atomic E-state index is -1.92. The van der Waals surface area contributed by atoms with E-state index in [0.717, 1.165) is 0 Å². The van der Waals surface area contributed by atoms with Crippen molar-refractivity contribution in [1.82, 2.24) is 5.32 Å². The molecule has 0 aliphatic rings. The number of alkyl halides is 3. The minimum Gasteiger partial charge on any atom is -0.453 e. The third-order valence-electron chi connectivity index (χ3n) is 2.35. The molecule has 0 saturated heterocycles. The normalized spacial score (nSPS) is 14.7. The molecule has 1 aromatic carbocycles. The van der Waals surface area contributed by atoms with E-state index in [2.05, 4.69) is 10.1 Å². The molecule has 1 amide bonds. The number of amides is 1. The van der Waals surface area contributed by atoms with Crippen molar-refractivity contribution in [3.63, 3.8) is 0 Å². The zero-order chi connectivity index (χ0) is 13.8. The highest BCUT2D eigenvalue weighted by atomic mass is 35.6. The lowest BCUT2D eigenvalue weighted by molar-refractivity contribution is -0.0381. The average molecular weight is 313 g/mol. The minimum absolute atomic E-state index is 0.484. The molecule has 0 radical (unpaired) electrons. The molecule has 0 unspecified atom stereocenters. The van der Waals surface area contributed by atoms with Crippen LogP contribution < -0.4 is 5.32 Å². The van der Waals surface area contributed by atoms with E-state index >= 15 is 0 Å². The van der Waals surface area contributed by atoms with Gasteiger partial charge < -0.3 is 9.47 Å². The molecule has 0 spiro atoms. The van der Waals surface area contributed by atoms with Gasteiger partial charge in [0.05, 0.1) is 7.11 Å². The number of alkyl carbamates (subject to hydrolysis) is 1. The Labute approximate surface area is 120 Å². The van der Waals surface area contributed by atoms with Crippen molar-refractivity contribution >= 4 is 40.9 Å². The van der Waals surface area contributed by atoms with E-state index < -0.39 is 15.6 Å². The highest BCUT2D eigenvalue weighted by Gasteiger charge is 2.52. The molecule has 1 rings (SSSR count). The maximum Gasteiger partial charge on any atom is 0.409 e. The molecule has 1 atom stereocenters. The second-order valence-electron chi connectivity index (χ2n) is 3.37. The fourth-order valence-corrected chi connectivity index (χ4v) is 2.16. The summed E-state index contributed by atoms with van der Waals surface area (Å²) in [6, 6.07) is 8.60. The maximum atomic E-state index is 11.4. The number of hydrogen-bond acceptors (Lipinski definition) is 3. The van der Waals surface area contributed by atoms with Crippen molar-refractivity contribution in [2.24, 2.45) is 0 Å². The van der Waals surface area contributed by atoms with Crippen molar-refractivity contribution in [2.45, 2.75) is 9.52 Å². The monoisotopic (exact) mass is 311 g/mol. The summed E-state index contributed by atoms with van der Waals surface area (Å²) in [5.41, 5.74) is -1.15. The summed E-state index contributed by atoms with van der Waals surface area (Å²) in [6.45, 7) is 0. The fourth-order valence-electron chi connectivity index (χ4n) is 1.46. The highest BCUT2D eigenvalue weighted by Crippen LogP contribution is 2.45. The summed E-state index contributed by atoms with van der Waals surface area (Å²) >= 11 is 17.8. The Kier molecular flexibility index (Phi) is 5.10. The van der Waals surface area contributed by atoms with Gasteiger partial charge in [0.2, 0.25) is 9.52 Å². The number of nitrogens with one attached hydrogen (secondary N) is 1. The Hall–Kier alpha value is -0.680. The van der Waals surface area contributed by atoms with Crippen LogP contribution in [0.4, 0.5) is 4.79 Å². The molecule has 0 aliphatic carbocycles. The first kappa shape index (κ1) is 15.4. The molecular formula is C11H12Cl3NO3. The van der Waals surface area contributed by atoms with E-state index in [1.54, 1.807) is 30.3 Å². The molecule has 100 valence electrons. The summed E-state index contributed by atoms with van der Waals surface area (Å²) in [5.74, 6) is 0. The van der Waals surface area contributed by atoms with Crippen LogP contribution in [0.15, 0.2) is 30.3 Å². The largest absolute Gasteiger partial charge is 0.453 e. The summed E-state index contributed by atoms with van der Waals surface area (Å²) in [6.07, 6.45) is -0.771. The fraction of sp³-hybridized carbons (Fsp3) is 0.364. The van der Waals surface area contributed by atoms with E-state index in [0.29, 0.717) is 5.56 Å². The van der Waals surface area contributed by atoms with E-state index in [-0.39, 0.29) is 0 Å². The van der Waals surface area contributed by atoms with Crippen molar-refractivity contribution in [3.05, 3.63) is 35.9 Å². The van der Waals surface area contributed by atoms with Crippen LogP contribution in [0.25, 0.3) is 0 Å². The van der Waals surface area contributed by atoms with Crippen LogP contribution in [0.5, 0.6) is 0 Å². The standard InChI is InChI=1S/C11H12Cl3NO3/c1-17-9(16)15-10(18-2,11(12,13)14)8-6-4-3-5-7-8/h3-7H,1-2H3,(H,15,16)/t10-/m1/s1. The average Bonchev–Trinajstić information content (AvgIpc) is 2.35. The lowest BCUT2D eigenvalue weighted by Gasteiger charge is -2.38. The van der Waals surface area contributed by atoms with Gasteiger partial charge in [0.25, 0.3) is 0 Å². The van der Waals surface area contributed by atoms with Gasteiger partial charge in [0, 0.05) is 12.7 Å². The van der Waals surface area contributed by atoms with Gasteiger partial charge in [-0.15, -0.1) is 0 Å². The smallest absolute Gasteiger partial charge is 0.409 e. The molecule has 0 aromatic heterocycles. The molecule has 0 aliphatic heterocycles. The van der Waals surface area contributed by atoms with E-state index in [9.17, 15) is 4.79 Å². The molecular weight excluding hydrogens is 300 g/mol. The molecule has 1 aromatic rings. The molecule has 7 heteroatoms. The third kappa shape index (κ3) is 3.01. The Bertz CT molecular complexity index is 408. The summed E-state index contributed by atoms with van der Waals surface area (Å²) in [7, 11) is 2.53. The van der Waals surface area contributed by atoms with Gasteiger partial charge in [-0.2, -0.15) is 0 Å². The quantitative estimate of drug-likeness (QED) is 0.688. The molecule has 0 saturated carbocycles. The number of carbonyl (C=O) groups excluding carboxylic acids is 1. The SMILES string of the molecule is COC(=O)N[C@@](OC)(c1ccccc1)C(Cl)(Cl)Cl. The number of benzene rings is 1. The van der Waals surface area contributed by atoms with Gasteiger partial charge in [0.1, 0.15) is 0 Å². The maximum absolute atomic E-state index is 11.4. The first-order chi connectivity index (χ1) is 8.37. The number of hydrogen-bond donors (Lipinski definition) is 1. The molecule has 4 nitrogen and oxygen atoms in total. The van der Waals surface area contributed by atoms with Gasteiger partial charge in [-0.1, -0.05) is 65.1 Å². The summed E-state index contributed by atoms with van der Waals surface area (Å²) in [5, 5.41) is 2.41. The van der Waals surface area contributed by atoms with Crippen molar-refractivity contribution in [3.8, 4) is 0 Å². The molecule has 18 heavy (non-hydrogen) atoms. The van der Waals surface area contributed by atoms with Crippen molar-refractivity contribution in [2.75, 3.05) is 14.2 Å². The lowest BCUT2D eigenvalue weighted by atomic mass is 10.0. The van der Waals surface area contributed by atoms with Crippen molar-refractivity contribution < 1.29 is 14.3 Å². The number of methoxy groups -OCH3 is 2. The predicted octanol–water partition coefficient (Wildman–Crippen LogP) is 3.21. The van der Waals surface area contributed by atoms with Crippen LogP contribution in [-0.4, -0.2) is 24.1 Å². The zero-order valence-electron chi connectivity index (χ0n) is 9.75. The Morgan fingerprint density at radius 2 is 1.72 bits per heavy atom. The topological polar surface area (TPSA) is 47.6 Å². The van der Waals surface area contributed by atoms with E-state index in [4.69, 9.17) is 39.5 Å². The van der Waals surface area contributed by atoms with Crippen LogP contribution in [0.3, 0.4) is 0 Å². The van der Waals surface area contributed by atoms with Gasteiger partial charge >= 0.3 is 6.09 Å². The lowest BCUT2D eigenvalue weighted by Crippen LogP contribution is -2.56. The van der Waals surface area contributed by atoms with Crippen LogP contribution >= 0.6 is 34.8 Å². The number of carbonyl (C=O) groups is 1. The summed E-state index contributed by atoms with van der Waals surface area (Å²) < 4.78 is 7.85. The van der Waals surface area contributed by atoms with Crippen LogP contribution in [0.2, 0.25) is 0 Å². The third-order valence-corrected chi connectivity index (χ3v) is 3.15.